The molecule has 49 heavy (non-hydrogen) atoms. The number of phenolic OH excluding ortho intramolecular Hbond substituents is 1. The summed E-state index contributed by atoms with van der Waals surface area (Å²) in [6.07, 6.45) is 17.2. The van der Waals surface area contributed by atoms with E-state index >= 15 is 0 Å². The van der Waals surface area contributed by atoms with Crippen molar-refractivity contribution in [2.24, 2.45) is 28.6 Å². The summed E-state index contributed by atoms with van der Waals surface area (Å²) in [6, 6.07) is 2.05. The molecule has 0 amide bonds. The van der Waals surface area contributed by atoms with Gasteiger partial charge in [-0.15, -0.1) is 0 Å². The minimum atomic E-state index is -2.62. The van der Waals surface area contributed by atoms with Crippen molar-refractivity contribution in [1.29, 1.82) is 0 Å². The molecule has 6 rings (SSSR count). The highest BCUT2D eigenvalue weighted by Gasteiger charge is 2.71. The molecule has 0 fully saturated rings. The molecule has 0 aromatic heterocycles. The number of Topliss-reactive ketones (excluding diaryl/α,β-unsaturated/α-hetero) is 3. The first-order chi connectivity index (χ1) is 23.0. The molecule has 4 atom stereocenters. The number of hydrogen-bond acceptors (Lipinski definition) is 7. The van der Waals surface area contributed by atoms with Crippen molar-refractivity contribution < 1.29 is 34.8 Å². The standard InChI is InChI=1S/C42H50O7/c1-22(2)29-19-28(18-27(16-25-12-8-9-13-25)17-26-14-10-11-15-26)35(44)32-30(29)20-40(6)21-41(7)33(23(3)4)36(45)31(24(5)43)38(47)42(41,49)39(48)34(40)37(32)46/h8-12,14,19,22-23,27,33,44-45,48-49H,13,15-18,20-21H2,1-7H3/t33?,40-,41-,42+/m1/s1. The molecule has 0 bridgehead atoms. The second kappa shape index (κ2) is 12.1. The number of rotatable bonds is 9. The molecule has 260 valence electrons. The van der Waals surface area contributed by atoms with Crippen LogP contribution in [0.1, 0.15) is 114 Å². The third kappa shape index (κ3) is 5.22. The molecular weight excluding hydrogens is 616 g/mol. The van der Waals surface area contributed by atoms with E-state index in [4.69, 9.17) is 0 Å². The number of hydrogen-bond donors (Lipinski definition) is 4. The van der Waals surface area contributed by atoms with Gasteiger partial charge < -0.3 is 20.4 Å². The maximum atomic E-state index is 14.8. The summed E-state index contributed by atoms with van der Waals surface area (Å²) in [5.74, 6) is -4.67. The van der Waals surface area contributed by atoms with Crippen molar-refractivity contribution in [3.05, 3.63) is 98.6 Å². The van der Waals surface area contributed by atoms with Crippen LogP contribution in [-0.4, -0.2) is 43.4 Å². The lowest BCUT2D eigenvalue weighted by atomic mass is 9.44. The molecule has 0 aliphatic heterocycles. The number of aliphatic hydroxyl groups excluding tert-OH is 2. The maximum absolute atomic E-state index is 14.8. The number of allylic oxidation sites excluding steroid dienone is 10. The van der Waals surface area contributed by atoms with Gasteiger partial charge in [0.1, 0.15) is 22.8 Å². The molecule has 5 aliphatic carbocycles. The van der Waals surface area contributed by atoms with Gasteiger partial charge in [0.15, 0.2) is 17.2 Å². The Morgan fingerprint density at radius 2 is 1.53 bits per heavy atom. The van der Waals surface area contributed by atoms with Crippen molar-refractivity contribution in [2.45, 2.75) is 105 Å². The van der Waals surface area contributed by atoms with E-state index in [0.717, 1.165) is 38.2 Å². The molecule has 0 saturated heterocycles. The van der Waals surface area contributed by atoms with Gasteiger partial charge in [0, 0.05) is 22.3 Å². The highest BCUT2D eigenvalue weighted by Crippen LogP contribution is 2.65. The molecule has 0 radical (unpaired) electrons. The van der Waals surface area contributed by atoms with Crippen LogP contribution in [0.15, 0.2) is 76.3 Å². The summed E-state index contributed by atoms with van der Waals surface area (Å²) >= 11 is 0. The van der Waals surface area contributed by atoms with E-state index in [1.54, 1.807) is 6.92 Å². The third-order valence-corrected chi connectivity index (χ3v) is 12.0. The molecule has 7 nitrogen and oxygen atoms in total. The van der Waals surface area contributed by atoms with Gasteiger partial charge >= 0.3 is 0 Å². The summed E-state index contributed by atoms with van der Waals surface area (Å²) in [7, 11) is 0. The zero-order valence-corrected chi connectivity index (χ0v) is 29.8. The molecule has 1 unspecified atom stereocenters. The SMILES string of the molecule is CC(=O)C1=C(O)C(C(C)C)[C@@]2(C)C[C@@]3(C)Cc4c(C(C)C)cc(CC(CC5=CC=CC5)CC5=CC=CC5)c(O)c4C(=O)C3=C(O)[C@@]2(O)C1=O. The zero-order valence-electron chi connectivity index (χ0n) is 29.8. The Bertz CT molecular complexity index is 1810. The van der Waals surface area contributed by atoms with E-state index in [1.807, 2.05) is 20.8 Å². The number of fused-ring (bicyclic) bond motifs is 3. The van der Waals surface area contributed by atoms with Crippen LogP contribution in [0.3, 0.4) is 0 Å². The van der Waals surface area contributed by atoms with Crippen LogP contribution in [-0.2, 0) is 22.4 Å². The molecule has 1 aromatic carbocycles. The van der Waals surface area contributed by atoms with Crippen molar-refractivity contribution in [2.75, 3.05) is 0 Å². The number of benzene rings is 1. The van der Waals surface area contributed by atoms with Crippen LogP contribution < -0.4 is 0 Å². The first-order valence-electron chi connectivity index (χ1n) is 17.7. The summed E-state index contributed by atoms with van der Waals surface area (Å²) < 4.78 is 0. The Kier molecular flexibility index (Phi) is 8.62. The van der Waals surface area contributed by atoms with Gasteiger partial charge in [0.05, 0.1) is 5.56 Å². The summed E-state index contributed by atoms with van der Waals surface area (Å²) in [5, 5.41) is 47.9. The third-order valence-electron chi connectivity index (χ3n) is 12.0. The average Bonchev–Trinajstić information content (AvgIpc) is 3.70. The highest BCUT2D eigenvalue weighted by atomic mass is 16.3. The molecular formula is C42H50O7. The van der Waals surface area contributed by atoms with Crippen LogP contribution in [0, 0.1) is 28.6 Å². The van der Waals surface area contributed by atoms with Gasteiger partial charge in [-0.05, 0) is 86.3 Å². The molecule has 0 heterocycles. The number of carbonyl (C=O) groups excluding carboxylic acids is 3. The van der Waals surface area contributed by atoms with Gasteiger partial charge in [0.25, 0.3) is 0 Å². The fourth-order valence-corrected chi connectivity index (χ4v) is 10.1. The zero-order chi connectivity index (χ0) is 35.8. The lowest BCUT2D eigenvalue weighted by Gasteiger charge is -2.59. The Hall–Kier alpha value is -3.97. The minimum Gasteiger partial charge on any atom is -0.511 e. The summed E-state index contributed by atoms with van der Waals surface area (Å²) in [4.78, 5) is 41.6. The van der Waals surface area contributed by atoms with E-state index in [0.29, 0.717) is 17.5 Å². The fourth-order valence-electron chi connectivity index (χ4n) is 10.1. The van der Waals surface area contributed by atoms with E-state index in [2.05, 4.69) is 56.4 Å². The predicted molar refractivity (Wildman–Crippen MR) is 189 cm³/mol. The van der Waals surface area contributed by atoms with E-state index < -0.39 is 51.0 Å². The van der Waals surface area contributed by atoms with Crippen molar-refractivity contribution in [1.82, 2.24) is 0 Å². The minimum absolute atomic E-state index is 0.0199. The maximum Gasteiger partial charge on any atom is 0.209 e. The summed E-state index contributed by atoms with van der Waals surface area (Å²) in [6.45, 7) is 12.5. The van der Waals surface area contributed by atoms with Crippen LogP contribution in [0.5, 0.6) is 5.75 Å². The molecule has 0 saturated carbocycles. The van der Waals surface area contributed by atoms with E-state index in [9.17, 15) is 34.8 Å². The second-order valence-corrected chi connectivity index (χ2v) is 16.3. The monoisotopic (exact) mass is 666 g/mol. The number of aromatic hydroxyl groups is 1. The first kappa shape index (κ1) is 34.9. The number of ketones is 3. The lowest BCUT2D eigenvalue weighted by molar-refractivity contribution is -0.171. The van der Waals surface area contributed by atoms with Crippen molar-refractivity contribution in [3.63, 3.8) is 0 Å². The molecule has 4 N–H and O–H groups in total. The van der Waals surface area contributed by atoms with E-state index in [-0.39, 0.29) is 53.2 Å². The Balaban J connectivity index is 1.50. The van der Waals surface area contributed by atoms with Gasteiger partial charge in [0.2, 0.25) is 5.78 Å². The predicted octanol–water partition coefficient (Wildman–Crippen LogP) is 8.18. The number of carbonyl (C=O) groups is 3. The van der Waals surface area contributed by atoms with Crippen molar-refractivity contribution in [3.8, 4) is 5.75 Å². The first-order valence-corrected chi connectivity index (χ1v) is 17.7. The fraction of sp³-hybridized carbons (Fsp3) is 0.500. The van der Waals surface area contributed by atoms with Crippen LogP contribution in [0.4, 0.5) is 0 Å². The quantitative estimate of drug-likeness (QED) is 0.196. The Morgan fingerprint density at radius 3 is 2.02 bits per heavy atom. The molecule has 0 spiro atoms. The van der Waals surface area contributed by atoms with Crippen LogP contribution in [0.25, 0.3) is 0 Å². The van der Waals surface area contributed by atoms with Crippen LogP contribution >= 0.6 is 0 Å². The number of aliphatic hydroxyl groups is 3. The smallest absolute Gasteiger partial charge is 0.209 e. The average molecular weight is 667 g/mol. The topological polar surface area (TPSA) is 132 Å². The molecule has 1 aromatic rings. The normalized spacial score (nSPS) is 29.2. The largest absolute Gasteiger partial charge is 0.511 e. The van der Waals surface area contributed by atoms with Gasteiger partial charge in [-0.1, -0.05) is 95.2 Å². The van der Waals surface area contributed by atoms with Gasteiger partial charge in [-0.3, -0.25) is 14.4 Å². The molecule has 7 heteroatoms. The van der Waals surface area contributed by atoms with E-state index in [1.165, 1.54) is 11.1 Å². The Labute approximate surface area is 289 Å². The van der Waals surface area contributed by atoms with Gasteiger partial charge in [-0.25, -0.2) is 0 Å². The van der Waals surface area contributed by atoms with Crippen molar-refractivity contribution >= 4 is 17.3 Å². The lowest BCUT2D eigenvalue weighted by Crippen LogP contribution is -2.67. The Morgan fingerprint density at radius 1 is 0.939 bits per heavy atom. The second-order valence-electron chi connectivity index (χ2n) is 16.3. The highest BCUT2D eigenvalue weighted by molar-refractivity contribution is 6.25. The molecule has 5 aliphatic rings. The number of phenols is 1. The summed E-state index contributed by atoms with van der Waals surface area (Å²) in [5.41, 5.74) is -0.647. The van der Waals surface area contributed by atoms with Crippen LogP contribution in [0.2, 0.25) is 0 Å². The van der Waals surface area contributed by atoms with Gasteiger partial charge in [-0.2, -0.15) is 0 Å².